The normalized spacial score (nSPS) is 16.7. The largest absolute Gasteiger partial charge is 0.494 e. The molecule has 1 aliphatic rings. The lowest BCUT2D eigenvalue weighted by atomic mass is 10.2. The van der Waals surface area contributed by atoms with E-state index in [0.717, 1.165) is 23.6 Å². The lowest BCUT2D eigenvalue weighted by Crippen LogP contribution is -2.22. The van der Waals surface area contributed by atoms with Crippen LogP contribution in [0.4, 0.5) is 0 Å². The second-order valence-electron chi connectivity index (χ2n) is 3.90. The van der Waals surface area contributed by atoms with Crippen molar-refractivity contribution in [3.05, 3.63) is 35.5 Å². The summed E-state index contributed by atoms with van der Waals surface area (Å²) in [4.78, 5) is 15.8. The van der Waals surface area contributed by atoms with Crippen LogP contribution in [-0.4, -0.2) is 18.3 Å². The average molecular weight is 244 g/mol. The highest BCUT2D eigenvalue weighted by molar-refractivity contribution is 6.14. The van der Waals surface area contributed by atoms with E-state index in [4.69, 9.17) is 4.74 Å². The fourth-order valence-electron chi connectivity index (χ4n) is 1.67. The molecule has 1 aromatic rings. The minimum Gasteiger partial charge on any atom is -0.494 e. The van der Waals surface area contributed by atoms with Crippen molar-refractivity contribution in [1.29, 1.82) is 0 Å². The Morgan fingerprint density at radius 1 is 1.28 bits per heavy atom. The molecule has 0 spiro atoms. The van der Waals surface area contributed by atoms with Crippen molar-refractivity contribution in [2.45, 2.75) is 20.3 Å². The van der Waals surface area contributed by atoms with Gasteiger partial charge in [0.05, 0.1) is 6.61 Å². The summed E-state index contributed by atoms with van der Waals surface area (Å²) in [6.45, 7) is 4.55. The molecule has 0 saturated carbocycles. The van der Waals surface area contributed by atoms with Crippen molar-refractivity contribution in [2.24, 2.45) is 4.99 Å². The molecule has 1 N–H and O–H groups in total. The summed E-state index contributed by atoms with van der Waals surface area (Å²) in [6, 6.07) is 7.58. The number of nitrogens with zero attached hydrogens (tertiary/aromatic N) is 1. The smallest absolute Gasteiger partial charge is 0.275 e. The molecule has 4 heteroatoms. The highest BCUT2D eigenvalue weighted by Crippen LogP contribution is 2.16. The van der Waals surface area contributed by atoms with E-state index < -0.39 is 0 Å². The number of nitrogens with one attached hydrogen (secondary N) is 1. The quantitative estimate of drug-likeness (QED) is 0.827. The molecule has 2 rings (SSSR count). The van der Waals surface area contributed by atoms with Crippen molar-refractivity contribution in [3.8, 4) is 5.75 Å². The first-order valence-electron chi connectivity index (χ1n) is 6.06. The lowest BCUT2D eigenvalue weighted by molar-refractivity contribution is -0.115. The maximum absolute atomic E-state index is 11.6. The van der Waals surface area contributed by atoms with E-state index in [9.17, 15) is 4.79 Å². The highest BCUT2D eigenvalue weighted by atomic mass is 16.5. The van der Waals surface area contributed by atoms with E-state index in [2.05, 4.69) is 10.3 Å². The third kappa shape index (κ3) is 2.77. The van der Waals surface area contributed by atoms with Gasteiger partial charge in [0.15, 0.2) is 0 Å². The van der Waals surface area contributed by atoms with Gasteiger partial charge in [-0.15, -0.1) is 0 Å². The maximum atomic E-state index is 11.6. The summed E-state index contributed by atoms with van der Waals surface area (Å²) in [5, 5.41) is 2.72. The van der Waals surface area contributed by atoms with Gasteiger partial charge in [-0.25, -0.2) is 4.99 Å². The topological polar surface area (TPSA) is 50.7 Å². The number of carbonyl (C=O) groups excluding carboxylic acids is 1. The van der Waals surface area contributed by atoms with Gasteiger partial charge in [-0.2, -0.15) is 0 Å². The fraction of sp³-hybridized carbons (Fsp3) is 0.286. The zero-order valence-corrected chi connectivity index (χ0v) is 10.6. The number of hydrogen-bond acceptors (Lipinski definition) is 3. The molecule has 18 heavy (non-hydrogen) atoms. The summed E-state index contributed by atoms with van der Waals surface area (Å²) in [6.07, 6.45) is 2.50. The number of amides is 1. The monoisotopic (exact) mass is 244 g/mol. The standard InChI is InChI=1S/C14H16N2O2/c1-3-13-15-12(14(17)16-13)9-10-5-7-11(8-6-10)18-4-2/h5-9H,3-4H2,1-2H3,(H,15,16,17)/b12-9+. The predicted octanol–water partition coefficient (Wildman–Crippen LogP) is 2.36. The number of amidine groups is 1. The minimum absolute atomic E-state index is 0.138. The molecular formula is C14H16N2O2. The van der Waals surface area contributed by atoms with Crippen LogP contribution < -0.4 is 10.1 Å². The fourth-order valence-corrected chi connectivity index (χ4v) is 1.67. The van der Waals surface area contributed by atoms with Gasteiger partial charge in [0.1, 0.15) is 17.3 Å². The predicted molar refractivity (Wildman–Crippen MR) is 71.5 cm³/mol. The summed E-state index contributed by atoms with van der Waals surface area (Å²) in [7, 11) is 0. The SMILES string of the molecule is CCOc1ccc(/C=C2/N=C(CC)NC2=O)cc1. The molecule has 1 aliphatic heterocycles. The molecule has 0 bridgehead atoms. The molecule has 0 saturated heterocycles. The van der Waals surface area contributed by atoms with Gasteiger partial charge in [-0.3, -0.25) is 4.79 Å². The molecule has 94 valence electrons. The zero-order chi connectivity index (χ0) is 13.0. The Morgan fingerprint density at radius 2 is 2.00 bits per heavy atom. The zero-order valence-electron chi connectivity index (χ0n) is 10.6. The van der Waals surface area contributed by atoms with Crippen molar-refractivity contribution in [1.82, 2.24) is 5.32 Å². The van der Waals surface area contributed by atoms with Crippen LogP contribution in [0.5, 0.6) is 5.75 Å². The van der Waals surface area contributed by atoms with E-state index in [1.807, 2.05) is 38.1 Å². The number of ether oxygens (including phenoxy) is 1. The van der Waals surface area contributed by atoms with Crippen LogP contribution in [0.2, 0.25) is 0 Å². The van der Waals surface area contributed by atoms with Crippen molar-refractivity contribution < 1.29 is 9.53 Å². The van der Waals surface area contributed by atoms with Gasteiger partial charge >= 0.3 is 0 Å². The first-order chi connectivity index (χ1) is 8.72. The van der Waals surface area contributed by atoms with Gasteiger partial charge in [-0.05, 0) is 30.7 Å². The van der Waals surface area contributed by atoms with Crippen LogP contribution in [0.15, 0.2) is 35.0 Å². The third-order valence-electron chi connectivity index (χ3n) is 2.58. The average Bonchev–Trinajstić information content (AvgIpc) is 2.73. The lowest BCUT2D eigenvalue weighted by Gasteiger charge is -2.02. The van der Waals surface area contributed by atoms with Gasteiger partial charge in [0, 0.05) is 6.42 Å². The molecule has 0 fully saturated rings. The second kappa shape index (κ2) is 5.49. The molecule has 1 aromatic carbocycles. The minimum atomic E-state index is -0.138. The van der Waals surface area contributed by atoms with Crippen LogP contribution in [0.1, 0.15) is 25.8 Å². The van der Waals surface area contributed by atoms with Gasteiger partial charge in [0.2, 0.25) is 0 Å². The second-order valence-corrected chi connectivity index (χ2v) is 3.90. The first-order valence-corrected chi connectivity index (χ1v) is 6.06. The number of carbonyl (C=O) groups is 1. The van der Waals surface area contributed by atoms with Crippen LogP contribution in [0, 0.1) is 0 Å². The first kappa shape index (κ1) is 12.4. The van der Waals surface area contributed by atoms with Crippen LogP contribution >= 0.6 is 0 Å². The van der Waals surface area contributed by atoms with E-state index in [1.54, 1.807) is 6.08 Å². The Bertz CT molecular complexity index is 501. The number of hydrogen-bond donors (Lipinski definition) is 1. The third-order valence-corrected chi connectivity index (χ3v) is 2.58. The highest BCUT2D eigenvalue weighted by Gasteiger charge is 2.17. The van der Waals surface area contributed by atoms with E-state index in [1.165, 1.54) is 0 Å². The van der Waals surface area contributed by atoms with Crippen molar-refractivity contribution in [2.75, 3.05) is 6.61 Å². The van der Waals surface area contributed by atoms with Gasteiger partial charge in [0.25, 0.3) is 5.91 Å². The van der Waals surface area contributed by atoms with Crippen LogP contribution in [0.25, 0.3) is 6.08 Å². The molecule has 1 amide bonds. The van der Waals surface area contributed by atoms with Crippen LogP contribution in [-0.2, 0) is 4.79 Å². The van der Waals surface area contributed by atoms with E-state index in [-0.39, 0.29) is 5.91 Å². The molecule has 0 unspecified atom stereocenters. The number of aliphatic imine (C=N–C) groups is 1. The van der Waals surface area contributed by atoms with E-state index in [0.29, 0.717) is 12.3 Å². The Kier molecular flexibility index (Phi) is 3.77. The number of rotatable bonds is 4. The molecule has 0 atom stereocenters. The molecule has 0 radical (unpaired) electrons. The van der Waals surface area contributed by atoms with Crippen molar-refractivity contribution in [3.63, 3.8) is 0 Å². The molecule has 1 heterocycles. The Balaban J connectivity index is 2.17. The summed E-state index contributed by atoms with van der Waals surface area (Å²) in [5.41, 5.74) is 1.39. The van der Waals surface area contributed by atoms with Gasteiger partial charge in [-0.1, -0.05) is 19.1 Å². The molecule has 4 nitrogen and oxygen atoms in total. The van der Waals surface area contributed by atoms with Crippen LogP contribution in [0.3, 0.4) is 0 Å². The molecule has 0 aromatic heterocycles. The summed E-state index contributed by atoms with van der Waals surface area (Å²) in [5.74, 6) is 1.41. The molecule has 0 aliphatic carbocycles. The van der Waals surface area contributed by atoms with Gasteiger partial charge < -0.3 is 10.1 Å². The van der Waals surface area contributed by atoms with E-state index >= 15 is 0 Å². The number of benzene rings is 1. The Hall–Kier alpha value is -2.10. The summed E-state index contributed by atoms with van der Waals surface area (Å²) < 4.78 is 5.36. The Labute approximate surface area is 106 Å². The Morgan fingerprint density at radius 3 is 2.56 bits per heavy atom. The maximum Gasteiger partial charge on any atom is 0.275 e. The van der Waals surface area contributed by atoms with Crippen molar-refractivity contribution >= 4 is 17.8 Å². The summed E-state index contributed by atoms with van der Waals surface area (Å²) >= 11 is 0. The molecular weight excluding hydrogens is 228 g/mol.